The number of amides is 1. The molecule has 0 unspecified atom stereocenters. The topological polar surface area (TPSA) is 51.9 Å². The first-order chi connectivity index (χ1) is 13.6. The molecule has 1 fully saturated rings. The van der Waals surface area contributed by atoms with Crippen LogP contribution in [0.2, 0.25) is 0 Å². The minimum absolute atomic E-state index is 0.0115. The third-order valence-electron chi connectivity index (χ3n) is 5.78. The summed E-state index contributed by atoms with van der Waals surface area (Å²) >= 11 is 0. The molecular formula is C23H28N4O. The van der Waals surface area contributed by atoms with E-state index in [0.29, 0.717) is 12.6 Å². The lowest BCUT2D eigenvalue weighted by molar-refractivity contribution is 0.0950. The molecule has 0 saturated heterocycles. The number of rotatable bonds is 5. The quantitative estimate of drug-likeness (QED) is 0.700. The van der Waals surface area contributed by atoms with Crippen molar-refractivity contribution in [1.82, 2.24) is 19.7 Å². The zero-order valence-corrected chi connectivity index (χ0v) is 16.7. The van der Waals surface area contributed by atoms with Crippen LogP contribution in [-0.2, 0) is 6.54 Å². The van der Waals surface area contributed by atoms with E-state index in [-0.39, 0.29) is 5.91 Å². The molecule has 1 amide bonds. The van der Waals surface area contributed by atoms with E-state index >= 15 is 0 Å². The van der Waals surface area contributed by atoms with Crippen LogP contribution in [0, 0.1) is 13.8 Å². The number of para-hydroxylation sites is 1. The lowest BCUT2D eigenvalue weighted by atomic mass is 9.95. The first-order valence-corrected chi connectivity index (χ1v) is 10.2. The second kappa shape index (κ2) is 8.05. The van der Waals surface area contributed by atoms with Gasteiger partial charge in [0.25, 0.3) is 5.91 Å². The molecular weight excluding hydrogens is 348 g/mol. The molecule has 1 aliphatic rings. The van der Waals surface area contributed by atoms with Gasteiger partial charge < -0.3 is 9.88 Å². The summed E-state index contributed by atoms with van der Waals surface area (Å²) < 4.78 is 4.21. The van der Waals surface area contributed by atoms with Gasteiger partial charge in [0, 0.05) is 35.7 Å². The lowest BCUT2D eigenvalue weighted by Gasteiger charge is -2.26. The van der Waals surface area contributed by atoms with Crippen LogP contribution in [0.4, 0.5) is 0 Å². The first kappa shape index (κ1) is 18.5. The van der Waals surface area contributed by atoms with E-state index in [1.54, 1.807) is 6.20 Å². The predicted molar refractivity (Wildman–Crippen MR) is 111 cm³/mol. The van der Waals surface area contributed by atoms with Crippen LogP contribution in [0.5, 0.6) is 0 Å². The molecule has 0 aliphatic heterocycles. The summed E-state index contributed by atoms with van der Waals surface area (Å²) in [6, 6.07) is 12.6. The summed E-state index contributed by atoms with van der Waals surface area (Å²) in [7, 11) is 0. The molecule has 1 aliphatic carbocycles. The fraction of sp³-hybridized carbons (Fsp3) is 0.391. The molecule has 3 aromatic rings. The molecule has 2 heterocycles. The molecule has 0 bridgehead atoms. The largest absolute Gasteiger partial charge is 0.348 e. The Morgan fingerprint density at radius 1 is 1.14 bits per heavy atom. The summed E-state index contributed by atoms with van der Waals surface area (Å²) in [5.41, 5.74) is 5.06. The van der Waals surface area contributed by atoms with E-state index in [9.17, 15) is 4.79 Å². The molecule has 146 valence electrons. The van der Waals surface area contributed by atoms with Crippen LogP contribution < -0.4 is 5.32 Å². The Bertz CT molecular complexity index is 948. The average molecular weight is 377 g/mol. The van der Waals surface area contributed by atoms with Crippen LogP contribution in [-0.4, -0.2) is 20.3 Å². The number of carbonyl (C=O) groups is 1. The molecule has 1 aromatic carbocycles. The van der Waals surface area contributed by atoms with Crippen molar-refractivity contribution in [3.05, 3.63) is 71.3 Å². The molecule has 0 spiro atoms. The number of hydrogen-bond donors (Lipinski definition) is 1. The minimum Gasteiger partial charge on any atom is -0.348 e. The van der Waals surface area contributed by atoms with Gasteiger partial charge >= 0.3 is 0 Å². The Balaban J connectivity index is 1.44. The number of hydrogen-bond acceptors (Lipinski definition) is 2. The third kappa shape index (κ3) is 3.75. The molecule has 0 radical (unpaired) electrons. The number of nitrogens with zero attached hydrogens (tertiary/aromatic N) is 3. The highest BCUT2D eigenvalue weighted by Crippen LogP contribution is 2.32. The normalized spacial score (nSPS) is 14.9. The number of aromatic nitrogens is 3. The van der Waals surface area contributed by atoms with Gasteiger partial charge in [0.15, 0.2) is 0 Å². The van der Waals surface area contributed by atoms with Crippen LogP contribution in [0.1, 0.15) is 65.5 Å². The van der Waals surface area contributed by atoms with Crippen molar-refractivity contribution in [3.63, 3.8) is 0 Å². The van der Waals surface area contributed by atoms with Gasteiger partial charge in [-0.05, 0) is 44.9 Å². The van der Waals surface area contributed by atoms with Crippen LogP contribution in [0.25, 0.3) is 5.69 Å². The smallest absolute Gasteiger partial charge is 0.253 e. The maximum absolute atomic E-state index is 12.8. The van der Waals surface area contributed by atoms with Crippen molar-refractivity contribution in [2.24, 2.45) is 0 Å². The number of carbonyl (C=O) groups excluding carboxylic acids is 1. The van der Waals surface area contributed by atoms with Crippen LogP contribution >= 0.6 is 0 Å². The zero-order chi connectivity index (χ0) is 19.5. The second-order valence-electron chi connectivity index (χ2n) is 7.76. The second-order valence-corrected chi connectivity index (χ2v) is 7.76. The number of benzene rings is 1. The Labute approximate surface area is 166 Å². The molecule has 5 heteroatoms. The monoisotopic (exact) mass is 376 g/mol. The molecule has 28 heavy (non-hydrogen) atoms. The van der Waals surface area contributed by atoms with Crippen molar-refractivity contribution >= 4 is 5.91 Å². The van der Waals surface area contributed by atoms with Gasteiger partial charge in [0.2, 0.25) is 0 Å². The maximum Gasteiger partial charge on any atom is 0.253 e. The fourth-order valence-electron chi connectivity index (χ4n) is 4.36. The Hall–Kier alpha value is -2.82. The van der Waals surface area contributed by atoms with Crippen molar-refractivity contribution in [3.8, 4) is 5.69 Å². The fourth-order valence-corrected chi connectivity index (χ4v) is 4.36. The van der Waals surface area contributed by atoms with Crippen molar-refractivity contribution in [1.29, 1.82) is 0 Å². The summed E-state index contributed by atoms with van der Waals surface area (Å²) in [5.74, 6) is -0.0115. The summed E-state index contributed by atoms with van der Waals surface area (Å²) in [5, 5.41) is 7.45. The summed E-state index contributed by atoms with van der Waals surface area (Å²) in [4.78, 5) is 12.8. The maximum atomic E-state index is 12.8. The Morgan fingerprint density at radius 3 is 2.64 bits per heavy atom. The van der Waals surface area contributed by atoms with E-state index in [4.69, 9.17) is 0 Å². The highest BCUT2D eigenvalue weighted by Gasteiger charge is 2.22. The molecule has 1 N–H and O–H groups in total. The highest BCUT2D eigenvalue weighted by molar-refractivity contribution is 5.95. The minimum atomic E-state index is -0.0115. The van der Waals surface area contributed by atoms with Gasteiger partial charge in [0.05, 0.1) is 17.4 Å². The van der Waals surface area contributed by atoms with Crippen molar-refractivity contribution in [2.75, 3.05) is 0 Å². The van der Waals surface area contributed by atoms with Crippen LogP contribution in [0.15, 0.2) is 48.8 Å². The predicted octanol–water partition coefficient (Wildman–Crippen LogP) is 4.73. The van der Waals surface area contributed by atoms with Gasteiger partial charge in [-0.25, -0.2) is 4.68 Å². The summed E-state index contributed by atoms with van der Waals surface area (Å²) in [6.45, 7) is 4.66. The molecule has 2 aromatic heterocycles. The average Bonchev–Trinajstić information content (AvgIpc) is 3.32. The van der Waals surface area contributed by atoms with Gasteiger partial charge in [-0.3, -0.25) is 4.79 Å². The van der Waals surface area contributed by atoms with Crippen LogP contribution in [0.3, 0.4) is 0 Å². The lowest BCUT2D eigenvalue weighted by Crippen LogP contribution is -2.23. The van der Waals surface area contributed by atoms with E-state index < -0.39 is 0 Å². The number of nitrogens with one attached hydrogen (secondary N) is 1. The Kier molecular flexibility index (Phi) is 5.33. The molecule has 0 atom stereocenters. The highest BCUT2D eigenvalue weighted by atomic mass is 16.1. The molecule has 1 saturated carbocycles. The number of aryl methyl sites for hydroxylation is 1. The van der Waals surface area contributed by atoms with Crippen molar-refractivity contribution < 1.29 is 4.79 Å². The molecule has 4 rings (SSSR count). The van der Waals surface area contributed by atoms with Gasteiger partial charge in [-0.15, -0.1) is 0 Å². The van der Waals surface area contributed by atoms with Crippen molar-refractivity contribution in [2.45, 2.75) is 58.5 Å². The standard InChI is InChI=1S/C23H28N4O/c1-17-13-22(18(2)27(17)21-11-7-4-8-12-21)23(28)24-14-19-15-25-26(16-19)20-9-5-3-6-10-20/h3,5-6,9-10,13,15-16,21H,4,7-8,11-12,14H2,1-2H3,(H,24,28). The SMILES string of the molecule is Cc1cc(C(=O)NCc2cnn(-c3ccccc3)c2)c(C)n1C1CCCCC1. The molecule has 5 nitrogen and oxygen atoms in total. The third-order valence-corrected chi connectivity index (χ3v) is 5.78. The van der Waals surface area contributed by atoms with Gasteiger partial charge in [0.1, 0.15) is 0 Å². The van der Waals surface area contributed by atoms with E-state index in [2.05, 4.69) is 28.8 Å². The van der Waals surface area contributed by atoms with E-state index in [1.165, 1.54) is 37.8 Å². The zero-order valence-electron chi connectivity index (χ0n) is 16.7. The Morgan fingerprint density at radius 2 is 1.89 bits per heavy atom. The first-order valence-electron chi connectivity index (χ1n) is 10.2. The summed E-state index contributed by atoms with van der Waals surface area (Å²) in [6.07, 6.45) is 10.1. The van der Waals surface area contributed by atoms with Gasteiger partial charge in [-0.1, -0.05) is 37.5 Å². The van der Waals surface area contributed by atoms with E-state index in [1.807, 2.05) is 47.3 Å². The van der Waals surface area contributed by atoms with Gasteiger partial charge in [-0.2, -0.15) is 5.10 Å². The van der Waals surface area contributed by atoms with E-state index in [0.717, 1.165) is 22.5 Å².